The summed E-state index contributed by atoms with van der Waals surface area (Å²) in [7, 11) is 3.33. The Morgan fingerprint density at radius 1 is 1.04 bits per heavy atom. The second-order valence-corrected chi connectivity index (χ2v) is 6.18. The molecule has 1 aliphatic heterocycles. The van der Waals surface area contributed by atoms with E-state index in [0.29, 0.717) is 0 Å². The van der Waals surface area contributed by atoms with Crippen LogP contribution in [-0.2, 0) is 6.54 Å². The smallest absolute Gasteiger partial charge is 0.379 e. The number of hydrogen-bond donors (Lipinski definition) is 0. The van der Waals surface area contributed by atoms with Crippen LogP contribution >= 0.6 is 0 Å². The highest BCUT2D eigenvalue weighted by Gasteiger charge is 2.29. The number of methoxy groups -OCH3 is 2. The minimum atomic E-state index is 0.731. The molecule has 1 aliphatic rings. The molecule has 2 aromatic carbocycles. The van der Waals surface area contributed by atoms with E-state index in [-0.39, 0.29) is 0 Å². The third kappa shape index (κ3) is 2.87. The predicted molar refractivity (Wildman–Crippen MR) is 103 cm³/mol. The molecule has 0 aliphatic carbocycles. The molecule has 6 heteroatoms. The quantitative estimate of drug-likeness (QED) is 0.639. The normalized spacial score (nSPS) is 14.5. The van der Waals surface area contributed by atoms with Gasteiger partial charge in [-0.15, -0.1) is 0 Å². The number of benzene rings is 2. The SMILES string of the molecule is CCN1C(=Cc2oc3ccc(OC)cc3[n+]2CC)Oc2ccc(OC)cc21. The fourth-order valence-corrected chi connectivity index (χ4v) is 3.39. The van der Waals surface area contributed by atoms with Crippen LogP contribution in [0.15, 0.2) is 46.7 Å². The van der Waals surface area contributed by atoms with Crippen molar-refractivity contribution in [2.75, 3.05) is 25.7 Å². The maximum absolute atomic E-state index is 6.09. The number of rotatable bonds is 5. The van der Waals surface area contributed by atoms with Gasteiger partial charge < -0.3 is 23.5 Å². The van der Waals surface area contributed by atoms with Gasteiger partial charge in [-0.05, 0) is 38.1 Å². The van der Waals surface area contributed by atoms with Gasteiger partial charge >= 0.3 is 5.89 Å². The van der Waals surface area contributed by atoms with Gasteiger partial charge in [-0.25, -0.2) is 0 Å². The molecule has 0 bridgehead atoms. The average molecular weight is 367 g/mol. The summed E-state index contributed by atoms with van der Waals surface area (Å²) in [6, 6.07) is 11.6. The first kappa shape index (κ1) is 17.3. The van der Waals surface area contributed by atoms with E-state index < -0.39 is 0 Å². The Morgan fingerprint density at radius 3 is 2.48 bits per heavy atom. The Balaban J connectivity index is 1.79. The lowest BCUT2D eigenvalue weighted by Crippen LogP contribution is -2.34. The highest BCUT2D eigenvalue weighted by atomic mass is 16.5. The van der Waals surface area contributed by atoms with Crippen LogP contribution in [0.2, 0.25) is 0 Å². The third-order valence-electron chi connectivity index (χ3n) is 4.75. The fourth-order valence-electron chi connectivity index (χ4n) is 3.39. The van der Waals surface area contributed by atoms with Gasteiger partial charge in [0.05, 0.1) is 26.0 Å². The minimum absolute atomic E-state index is 0.731. The van der Waals surface area contributed by atoms with Crippen molar-refractivity contribution in [1.82, 2.24) is 0 Å². The molecule has 0 saturated heterocycles. The number of aromatic nitrogens is 1. The molecule has 0 radical (unpaired) electrons. The monoisotopic (exact) mass is 367 g/mol. The van der Waals surface area contributed by atoms with E-state index in [0.717, 1.165) is 58.9 Å². The summed E-state index contributed by atoms with van der Waals surface area (Å²) in [6.45, 7) is 5.71. The van der Waals surface area contributed by atoms with Gasteiger partial charge in [0, 0.05) is 12.6 Å². The van der Waals surface area contributed by atoms with E-state index in [1.165, 1.54) is 0 Å². The average Bonchev–Trinajstić information content (AvgIpc) is 3.23. The lowest BCUT2D eigenvalue weighted by molar-refractivity contribution is -0.674. The maximum atomic E-state index is 6.09. The fraction of sp³-hybridized carbons (Fsp3) is 0.286. The van der Waals surface area contributed by atoms with Crippen LogP contribution < -0.4 is 23.7 Å². The standard InChI is InChI=1S/C21H23N2O4/c1-5-22-16-11-14(24-3)7-9-18(16)26-20(22)13-21-23(6-2)17-12-15(25-4)8-10-19(17)27-21/h7-13H,5-6H2,1-4H3/q+1. The summed E-state index contributed by atoms with van der Waals surface area (Å²) in [5.74, 6) is 3.88. The molecule has 0 saturated carbocycles. The molecule has 0 unspecified atom stereocenters. The van der Waals surface area contributed by atoms with Gasteiger partial charge in [0.15, 0.2) is 5.75 Å². The number of ether oxygens (including phenoxy) is 3. The van der Waals surface area contributed by atoms with Gasteiger partial charge in [-0.2, -0.15) is 4.57 Å². The largest absolute Gasteiger partial charge is 0.497 e. The molecular formula is C21H23N2O4+. The van der Waals surface area contributed by atoms with Crippen molar-refractivity contribution in [2.45, 2.75) is 20.4 Å². The summed E-state index contributed by atoms with van der Waals surface area (Å²) in [6.07, 6.45) is 1.94. The number of fused-ring (bicyclic) bond motifs is 2. The molecule has 0 amide bonds. The molecule has 0 N–H and O–H groups in total. The predicted octanol–water partition coefficient (Wildman–Crippen LogP) is 3.97. The molecule has 0 spiro atoms. The van der Waals surface area contributed by atoms with E-state index in [2.05, 4.69) is 23.3 Å². The number of oxazole rings is 1. The number of nitrogens with zero attached hydrogens (tertiary/aromatic N) is 2. The molecule has 4 rings (SSSR count). The van der Waals surface area contributed by atoms with Gasteiger partial charge in [0.2, 0.25) is 11.5 Å². The molecule has 27 heavy (non-hydrogen) atoms. The second kappa shape index (κ2) is 6.87. The summed E-state index contributed by atoms with van der Waals surface area (Å²) < 4.78 is 25.0. The van der Waals surface area contributed by atoms with Crippen molar-refractivity contribution in [2.24, 2.45) is 0 Å². The van der Waals surface area contributed by atoms with E-state index in [9.17, 15) is 0 Å². The van der Waals surface area contributed by atoms with Crippen LogP contribution in [0, 0.1) is 0 Å². The Bertz CT molecular complexity index is 1020. The molecule has 3 aromatic rings. The first-order valence-electron chi connectivity index (χ1n) is 9.04. The van der Waals surface area contributed by atoms with Crippen LogP contribution in [0.3, 0.4) is 0 Å². The minimum Gasteiger partial charge on any atom is -0.497 e. The molecular weight excluding hydrogens is 344 g/mol. The first-order chi connectivity index (χ1) is 13.2. The lowest BCUT2D eigenvalue weighted by Gasteiger charge is -2.15. The molecule has 140 valence electrons. The summed E-state index contributed by atoms with van der Waals surface area (Å²) in [5.41, 5.74) is 2.79. The van der Waals surface area contributed by atoms with E-state index in [1.54, 1.807) is 14.2 Å². The molecule has 0 atom stereocenters. The van der Waals surface area contributed by atoms with Crippen LogP contribution in [0.5, 0.6) is 17.2 Å². The second-order valence-electron chi connectivity index (χ2n) is 6.18. The van der Waals surface area contributed by atoms with E-state index >= 15 is 0 Å². The van der Waals surface area contributed by atoms with Crippen LogP contribution in [-0.4, -0.2) is 20.8 Å². The zero-order valence-electron chi connectivity index (χ0n) is 16.0. The van der Waals surface area contributed by atoms with Crippen LogP contribution in [0.25, 0.3) is 17.2 Å². The van der Waals surface area contributed by atoms with Crippen LogP contribution in [0.4, 0.5) is 5.69 Å². The summed E-state index contributed by atoms with van der Waals surface area (Å²) >= 11 is 0. The maximum Gasteiger partial charge on any atom is 0.379 e. The highest BCUT2D eigenvalue weighted by molar-refractivity contribution is 5.74. The van der Waals surface area contributed by atoms with Crippen molar-refractivity contribution in [1.29, 1.82) is 0 Å². The van der Waals surface area contributed by atoms with Crippen molar-refractivity contribution in [3.05, 3.63) is 48.2 Å². The highest BCUT2D eigenvalue weighted by Crippen LogP contribution is 2.41. The zero-order chi connectivity index (χ0) is 19.0. The molecule has 0 fully saturated rings. The van der Waals surface area contributed by atoms with Crippen molar-refractivity contribution < 1.29 is 23.2 Å². The van der Waals surface area contributed by atoms with Crippen molar-refractivity contribution >= 4 is 22.9 Å². The molecule has 1 aromatic heterocycles. The van der Waals surface area contributed by atoms with E-state index in [1.807, 2.05) is 42.5 Å². The Labute approximate surface area is 158 Å². The van der Waals surface area contributed by atoms with Gasteiger partial charge in [0.25, 0.3) is 5.52 Å². The Kier molecular flexibility index (Phi) is 4.39. The number of anilines is 1. The van der Waals surface area contributed by atoms with E-state index in [4.69, 9.17) is 18.6 Å². The van der Waals surface area contributed by atoms with Gasteiger partial charge in [-0.1, -0.05) is 0 Å². The van der Waals surface area contributed by atoms with Gasteiger partial charge in [0.1, 0.15) is 24.1 Å². The zero-order valence-corrected chi connectivity index (χ0v) is 16.0. The first-order valence-corrected chi connectivity index (χ1v) is 9.04. The van der Waals surface area contributed by atoms with Crippen molar-refractivity contribution in [3.8, 4) is 17.2 Å². The number of hydrogen-bond acceptors (Lipinski definition) is 5. The summed E-state index contributed by atoms with van der Waals surface area (Å²) in [4.78, 5) is 2.10. The molecule has 6 nitrogen and oxygen atoms in total. The van der Waals surface area contributed by atoms with Gasteiger partial charge in [-0.3, -0.25) is 0 Å². The van der Waals surface area contributed by atoms with Crippen molar-refractivity contribution in [3.63, 3.8) is 0 Å². The number of aryl methyl sites for hydroxylation is 1. The lowest BCUT2D eigenvalue weighted by atomic mass is 10.2. The third-order valence-corrected chi connectivity index (χ3v) is 4.75. The Morgan fingerprint density at radius 2 is 1.78 bits per heavy atom. The molecule has 2 heterocycles. The van der Waals surface area contributed by atoms with Crippen LogP contribution in [0.1, 0.15) is 19.7 Å². The summed E-state index contributed by atoms with van der Waals surface area (Å²) in [5, 5.41) is 0. The Hall–Kier alpha value is -3.15. The topological polar surface area (TPSA) is 48.0 Å².